The summed E-state index contributed by atoms with van der Waals surface area (Å²) in [6.07, 6.45) is 3.78. The summed E-state index contributed by atoms with van der Waals surface area (Å²) in [5.74, 6) is 1.48. The third-order valence-electron chi connectivity index (χ3n) is 4.93. The predicted molar refractivity (Wildman–Crippen MR) is 79.7 cm³/mol. The molecule has 110 valence electrons. The van der Waals surface area contributed by atoms with Crippen LogP contribution in [0.3, 0.4) is 0 Å². The highest BCUT2D eigenvalue weighted by molar-refractivity contribution is 5.83. The molecule has 0 spiro atoms. The molecule has 5 nitrogen and oxygen atoms in total. The first-order chi connectivity index (χ1) is 10.1. The lowest BCUT2D eigenvalue weighted by atomic mass is 9.95. The number of nitrogens with zero attached hydrogens (tertiary/aromatic N) is 2. The van der Waals surface area contributed by atoms with E-state index in [-0.39, 0.29) is 11.8 Å². The van der Waals surface area contributed by atoms with E-state index in [9.17, 15) is 4.79 Å². The molecule has 21 heavy (non-hydrogen) atoms. The molecule has 2 aliphatic rings. The van der Waals surface area contributed by atoms with Gasteiger partial charge in [0.25, 0.3) is 0 Å². The average Bonchev–Trinajstić information content (AvgIpc) is 2.82. The van der Waals surface area contributed by atoms with Crippen molar-refractivity contribution in [3.63, 3.8) is 0 Å². The van der Waals surface area contributed by atoms with Gasteiger partial charge in [0.15, 0.2) is 0 Å². The van der Waals surface area contributed by atoms with Crippen LogP contribution < -0.4 is 10.6 Å². The normalized spacial score (nSPS) is 27.6. The second-order valence-electron chi connectivity index (χ2n) is 6.71. The van der Waals surface area contributed by atoms with Crippen molar-refractivity contribution in [3.8, 4) is 0 Å². The van der Waals surface area contributed by atoms with Crippen molar-refractivity contribution in [1.82, 2.24) is 20.2 Å². The molecule has 0 bridgehead atoms. The summed E-state index contributed by atoms with van der Waals surface area (Å²) in [6, 6.07) is 5.98. The number of piperidine rings is 1. The Morgan fingerprint density at radius 1 is 1.38 bits per heavy atom. The molecule has 1 aliphatic carbocycles. The molecule has 1 amide bonds. The lowest BCUT2D eigenvalue weighted by Gasteiger charge is -2.26. The maximum Gasteiger partial charge on any atom is 0.224 e. The van der Waals surface area contributed by atoms with Crippen molar-refractivity contribution >= 4 is 11.4 Å². The van der Waals surface area contributed by atoms with Crippen molar-refractivity contribution in [2.75, 3.05) is 13.1 Å². The SMILES string of the molecule is CC(C)(NC(=O)C1[C@H]2CNC[C@@H]12)c1cnn2ccccc12. The van der Waals surface area contributed by atoms with Gasteiger partial charge in [0.2, 0.25) is 5.91 Å². The monoisotopic (exact) mass is 284 g/mol. The minimum atomic E-state index is -0.412. The Hall–Kier alpha value is -1.88. The van der Waals surface area contributed by atoms with Crippen LogP contribution in [-0.2, 0) is 10.3 Å². The Kier molecular flexibility index (Phi) is 2.63. The zero-order valence-electron chi connectivity index (χ0n) is 12.3. The van der Waals surface area contributed by atoms with Gasteiger partial charge in [0.05, 0.1) is 17.3 Å². The number of hydrogen-bond donors (Lipinski definition) is 2. The van der Waals surface area contributed by atoms with Crippen molar-refractivity contribution in [2.45, 2.75) is 19.4 Å². The second-order valence-corrected chi connectivity index (χ2v) is 6.71. The van der Waals surface area contributed by atoms with Gasteiger partial charge in [-0.15, -0.1) is 0 Å². The molecule has 3 atom stereocenters. The zero-order chi connectivity index (χ0) is 14.6. The Balaban J connectivity index is 1.57. The van der Waals surface area contributed by atoms with Crippen molar-refractivity contribution < 1.29 is 4.79 Å². The first-order valence-corrected chi connectivity index (χ1v) is 7.53. The van der Waals surface area contributed by atoms with Gasteiger partial charge < -0.3 is 10.6 Å². The van der Waals surface area contributed by atoms with Gasteiger partial charge in [0.1, 0.15) is 0 Å². The largest absolute Gasteiger partial charge is 0.347 e. The molecular weight excluding hydrogens is 264 g/mol. The Morgan fingerprint density at radius 2 is 2.14 bits per heavy atom. The summed E-state index contributed by atoms with van der Waals surface area (Å²) < 4.78 is 1.85. The first kappa shape index (κ1) is 12.8. The third kappa shape index (κ3) is 1.95. The molecule has 0 radical (unpaired) electrons. The van der Waals surface area contributed by atoms with E-state index in [1.165, 1.54) is 0 Å². The molecule has 2 fully saturated rings. The number of amides is 1. The number of rotatable bonds is 3. The van der Waals surface area contributed by atoms with E-state index < -0.39 is 5.54 Å². The smallest absolute Gasteiger partial charge is 0.224 e. The number of hydrogen-bond acceptors (Lipinski definition) is 3. The van der Waals surface area contributed by atoms with Gasteiger partial charge in [-0.1, -0.05) is 6.07 Å². The van der Waals surface area contributed by atoms with Crippen molar-refractivity contribution in [1.29, 1.82) is 0 Å². The number of pyridine rings is 1. The van der Waals surface area contributed by atoms with Crippen LogP contribution in [0, 0.1) is 17.8 Å². The van der Waals surface area contributed by atoms with Gasteiger partial charge in [-0.3, -0.25) is 4.79 Å². The van der Waals surface area contributed by atoms with E-state index >= 15 is 0 Å². The number of carbonyl (C=O) groups is 1. The molecule has 1 saturated heterocycles. The fourth-order valence-electron chi connectivity index (χ4n) is 3.68. The molecule has 2 aromatic heterocycles. The van der Waals surface area contributed by atoms with Gasteiger partial charge >= 0.3 is 0 Å². The molecule has 2 aromatic rings. The Morgan fingerprint density at radius 3 is 2.90 bits per heavy atom. The van der Waals surface area contributed by atoms with Crippen LogP contribution in [0.5, 0.6) is 0 Å². The van der Waals surface area contributed by atoms with Crippen LogP contribution >= 0.6 is 0 Å². The third-order valence-corrected chi connectivity index (χ3v) is 4.93. The molecule has 0 aromatic carbocycles. The van der Waals surface area contributed by atoms with E-state index in [0.29, 0.717) is 11.8 Å². The highest BCUT2D eigenvalue weighted by Crippen LogP contribution is 2.49. The van der Waals surface area contributed by atoms with Crippen LogP contribution in [0.15, 0.2) is 30.6 Å². The van der Waals surface area contributed by atoms with Crippen LogP contribution in [0.25, 0.3) is 5.52 Å². The summed E-state index contributed by atoms with van der Waals surface area (Å²) in [4.78, 5) is 12.5. The van der Waals surface area contributed by atoms with E-state index in [4.69, 9.17) is 0 Å². The summed E-state index contributed by atoms with van der Waals surface area (Å²) in [6.45, 7) is 6.07. The first-order valence-electron chi connectivity index (χ1n) is 7.53. The quantitative estimate of drug-likeness (QED) is 0.889. The molecule has 4 rings (SSSR count). The van der Waals surface area contributed by atoms with Crippen LogP contribution in [-0.4, -0.2) is 28.6 Å². The minimum absolute atomic E-state index is 0.187. The second kappa shape index (κ2) is 4.31. The van der Waals surface area contributed by atoms with Crippen LogP contribution in [0.2, 0.25) is 0 Å². The molecule has 1 unspecified atom stereocenters. The lowest BCUT2D eigenvalue weighted by molar-refractivity contribution is -0.124. The van der Waals surface area contributed by atoms with Gasteiger partial charge in [-0.05, 0) is 50.9 Å². The standard InChI is InChI=1S/C16H20N4O/c1-16(2,12-9-18-20-6-4-3-5-13(12)20)19-15(21)14-10-7-17-8-11(10)14/h3-6,9-11,14,17H,7-8H2,1-2H3,(H,19,21)/t10-,11+,14?. The van der Waals surface area contributed by atoms with Crippen LogP contribution in [0.4, 0.5) is 0 Å². The molecule has 3 heterocycles. The van der Waals surface area contributed by atoms with Gasteiger partial charge in [-0.2, -0.15) is 5.10 Å². The maximum absolute atomic E-state index is 12.5. The highest BCUT2D eigenvalue weighted by atomic mass is 16.2. The number of carbonyl (C=O) groups excluding carboxylic acids is 1. The van der Waals surface area contributed by atoms with E-state index in [1.807, 2.05) is 49.0 Å². The van der Waals surface area contributed by atoms with E-state index in [1.54, 1.807) is 0 Å². The Bertz CT molecular complexity index is 695. The molecule has 2 N–H and O–H groups in total. The van der Waals surface area contributed by atoms with Gasteiger partial charge in [-0.25, -0.2) is 4.52 Å². The fourth-order valence-corrected chi connectivity index (χ4v) is 3.68. The number of nitrogens with one attached hydrogen (secondary N) is 2. The summed E-state index contributed by atoms with van der Waals surface area (Å²) in [7, 11) is 0. The van der Waals surface area contributed by atoms with Crippen molar-refractivity contribution in [2.24, 2.45) is 17.8 Å². The van der Waals surface area contributed by atoms with Crippen LogP contribution in [0.1, 0.15) is 19.4 Å². The summed E-state index contributed by atoms with van der Waals surface area (Å²) in [5, 5.41) is 10.9. The lowest BCUT2D eigenvalue weighted by Crippen LogP contribution is -2.43. The molecule has 1 saturated carbocycles. The minimum Gasteiger partial charge on any atom is -0.347 e. The number of fused-ring (bicyclic) bond motifs is 2. The van der Waals surface area contributed by atoms with Gasteiger partial charge in [0, 0.05) is 17.7 Å². The summed E-state index contributed by atoms with van der Waals surface area (Å²) >= 11 is 0. The van der Waals surface area contributed by atoms with E-state index in [0.717, 1.165) is 24.2 Å². The maximum atomic E-state index is 12.5. The topological polar surface area (TPSA) is 58.4 Å². The summed E-state index contributed by atoms with van der Waals surface area (Å²) in [5.41, 5.74) is 1.69. The fraction of sp³-hybridized carbons (Fsp3) is 0.500. The van der Waals surface area contributed by atoms with Crippen molar-refractivity contribution in [3.05, 3.63) is 36.2 Å². The molecule has 5 heteroatoms. The van der Waals surface area contributed by atoms with E-state index in [2.05, 4.69) is 15.7 Å². The predicted octanol–water partition coefficient (Wildman–Crippen LogP) is 1.15. The zero-order valence-corrected chi connectivity index (χ0v) is 12.3. The molecular formula is C16H20N4O. The number of aromatic nitrogens is 2. The average molecular weight is 284 g/mol. The molecule has 1 aliphatic heterocycles. The Labute approximate surface area is 123 Å². The highest BCUT2D eigenvalue weighted by Gasteiger charge is 2.57.